The number of pyridine rings is 1. The lowest BCUT2D eigenvalue weighted by molar-refractivity contribution is -0.273. The third kappa shape index (κ3) is 1.64. The molecule has 0 aliphatic heterocycles. The molecule has 0 aliphatic carbocycles. The van der Waals surface area contributed by atoms with Crippen molar-refractivity contribution in [3.8, 4) is 0 Å². The molecule has 1 rings (SSSR count). The van der Waals surface area contributed by atoms with Crippen LogP contribution in [0.15, 0.2) is 30.8 Å². The summed E-state index contributed by atoms with van der Waals surface area (Å²) in [6.45, 7) is 0. The van der Waals surface area contributed by atoms with Crippen molar-refractivity contribution >= 4 is 11.9 Å². The second-order valence-electron chi connectivity index (χ2n) is 1.93. The second-order valence-corrected chi connectivity index (χ2v) is 1.93. The van der Waals surface area contributed by atoms with Crippen molar-refractivity contribution < 1.29 is 9.90 Å². The molecule has 0 aromatic carbocycles. The largest absolute Gasteiger partial charge is 0.877 e. The van der Waals surface area contributed by atoms with Crippen LogP contribution >= 0.6 is 0 Å². The molecule has 0 spiro atoms. The summed E-state index contributed by atoms with van der Waals surface area (Å²) in [4.78, 5) is 14.0. The Hall–Kier alpha value is -1.64. The van der Waals surface area contributed by atoms with Crippen LogP contribution in [0.2, 0.25) is 0 Å². The molecule has 0 saturated heterocycles. The van der Waals surface area contributed by atoms with Gasteiger partial charge in [-0.1, -0.05) is 0 Å². The number of aldehydes is 1. The van der Waals surface area contributed by atoms with Gasteiger partial charge < -0.3 is 5.11 Å². The van der Waals surface area contributed by atoms with Gasteiger partial charge in [-0.3, -0.25) is 9.78 Å². The summed E-state index contributed by atoms with van der Waals surface area (Å²) < 4.78 is 0. The lowest BCUT2D eigenvalue weighted by Crippen LogP contribution is -1.94. The van der Waals surface area contributed by atoms with Crippen molar-refractivity contribution in [3.05, 3.63) is 36.4 Å². The first kappa shape index (κ1) is 7.47. The number of carbonyl (C=O) groups excluding carboxylic acids is 1. The second kappa shape index (κ2) is 3.51. The van der Waals surface area contributed by atoms with Crippen molar-refractivity contribution in [3.63, 3.8) is 0 Å². The van der Waals surface area contributed by atoms with Crippen LogP contribution in [0.25, 0.3) is 5.57 Å². The summed E-state index contributed by atoms with van der Waals surface area (Å²) in [6.07, 6.45) is 4.12. The topological polar surface area (TPSA) is 53.0 Å². The van der Waals surface area contributed by atoms with E-state index >= 15 is 0 Å². The molecule has 56 valence electrons. The Labute approximate surface area is 64.0 Å². The minimum Gasteiger partial charge on any atom is -0.877 e. The molecule has 0 aliphatic rings. The Morgan fingerprint density at radius 1 is 1.45 bits per heavy atom. The van der Waals surface area contributed by atoms with Crippen LogP contribution < -0.4 is 5.11 Å². The molecule has 11 heavy (non-hydrogen) atoms. The maximum absolute atomic E-state index is 10.2. The lowest BCUT2D eigenvalue weighted by Gasteiger charge is -2.00. The predicted molar refractivity (Wildman–Crippen MR) is 38.3 cm³/mol. The van der Waals surface area contributed by atoms with Gasteiger partial charge >= 0.3 is 0 Å². The predicted octanol–water partition coefficient (Wildman–Crippen LogP) is -0.0183. The van der Waals surface area contributed by atoms with E-state index in [-0.39, 0.29) is 5.57 Å². The third-order valence-corrected chi connectivity index (χ3v) is 1.27. The first-order valence-corrected chi connectivity index (χ1v) is 3.06. The summed E-state index contributed by atoms with van der Waals surface area (Å²) in [5, 5.41) is 10.2. The van der Waals surface area contributed by atoms with E-state index in [9.17, 15) is 9.90 Å². The fraction of sp³-hybridized carbons (Fsp3) is 0. The van der Waals surface area contributed by atoms with Crippen molar-refractivity contribution in [2.75, 3.05) is 0 Å². The molecule has 0 N–H and O–H groups in total. The summed E-state index contributed by atoms with van der Waals surface area (Å²) in [6, 6.07) is 3.22. The van der Waals surface area contributed by atoms with E-state index in [1.54, 1.807) is 12.1 Å². The molecule has 1 aromatic rings. The van der Waals surface area contributed by atoms with Gasteiger partial charge in [-0.15, -0.1) is 6.26 Å². The third-order valence-electron chi connectivity index (χ3n) is 1.27. The van der Waals surface area contributed by atoms with E-state index in [1.807, 2.05) is 0 Å². The van der Waals surface area contributed by atoms with Crippen molar-refractivity contribution in [2.24, 2.45) is 0 Å². The highest BCUT2D eigenvalue weighted by Gasteiger charge is 1.93. The van der Waals surface area contributed by atoms with Gasteiger partial charge in [-0.25, -0.2) is 0 Å². The first-order valence-electron chi connectivity index (χ1n) is 3.06. The zero-order chi connectivity index (χ0) is 8.10. The Bertz CT molecular complexity index is 267. The molecule has 0 amide bonds. The molecule has 1 aromatic heterocycles. The smallest absolute Gasteiger partial charge is 0.149 e. The highest BCUT2D eigenvalue weighted by atomic mass is 16.2. The Balaban J connectivity index is 3.01. The van der Waals surface area contributed by atoms with Gasteiger partial charge in [0.05, 0.1) is 0 Å². The maximum atomic E-state index is 10.2. The number of rotatable bonds is 2. The molecule has 3 heteroatoms. The average molecular weight is 148 g/mol. The first-order chi connectivity index (χ1) is 5.38. The van der Waals surface area contributed by atoms with Gasteiger partial charge in [0.1, 0.15) is 6.29 Å². The molecule has 0 saturated carbocycles. The summed E-state index contributed by atoms with van der Waals surface area (Å²) in [7, 11) is 0. The zero-order valence-corrected chi connectivity index (χ0v) is 5.73. The van der Waals surface area contributed by atoms with Crippen LogP contribution in [0.3, 0.4) is 0 Å². The normalized spacial score (nSPS) is 11.1. The molecule has 0 radical (unpaired) electrons. The number of nitrogens with zero attached hydrogens (tertiary/aromatic N) is 1. The Morgan fingerprint density at radius 3 is 2.55 bits per heavy atom. The minimum absolute atomic E-state index is 0.146. The zero-order valence-electron chi connectivity index (χ0n) is 5.73. The lowest BCUT2D eigenvalue weighted by atomic mass is 10.1. The van der Waals surface area contributed by atoms with Gasteiger partial charge in [0.25, 0.3) is 0 Å². The van der Waals surface area contributed by atoms with Crippen molar-refractivity contribution in [1.82, 2.24) is 4.98 Å². The van der Waals surface area contributed by atoms with E-state index in [1.165, 1.54) is 12.4 Å². The molecular weight excluding hydrogens is 142 g/mol. The summed E-state index contributed by atoms with van der Waals surface area (Å²) >= 11 is 0. The van der Waals surface area contributed by atoms with Crippen molar-refractivity contribution in [2.45, 2.75) is 0 Å². The van der Waals surface area contributed by atoms with Crippen LogP contribution in [-0.4, -0.2) is 11.3 Å². The van der Waals surface area contributed by atoms with E-state index in [4.69, 9.17) is 0 Å². The molecule has 3 nitrogen and oxygen atoms in total. The number of hydrogen-bond acceptors (Lipinski definition) is 3. The van der Waals surface area contributed by atoms with Gasteiger partial charge in [0.15, 0.2) is 0 Å². The van der Waals surface area contributed by atoms with E-state index in [0.29, 0.717) is 18.1 Å². The highest BCUT2D eigenvalue weighted by Crippen LogP contribution is 2.07. The SMILES string of the molecule is O=C/C(=C/[O-])c1ccncc1. The van der Waals surface area contributed by atoms with Gasteiger partial charge in [-0.2, -0.15) is 0 Å². The number of allylic oxidation sites excluding steroid dienone is 1. The monoisotopic (exact) mass is 148 g/mol. The van der Waals surface area contributed by atoms with Crippen LogP contribution in [0.1, 0.15) is 5.56 Å². The van der Waals surface area contributed by atoms with Gasteiger partial charge in [0.2, 0.25) is 0 Å². The maximum Gasteiger partial charge on any atom is 0.149 e. The number of aromatic nitrogens is 1. The molecule has 1 heterocycles. The average Bonchev–Trinajstić information content (AvgIpc) is 2.09. The number of carbonyl (C=O) groups is 1. The van der Waals surface area contributed by atoms with Crippen LogP contribution in [-0.2, 0) is 4.79 Å². The fourth-order valence-corrected chi connectivity index (χ4v) is 0.708. The summed E-state index contributed by atoms with van der Waals surface area (Å²) in [5.41, 5.74) is 0.748. The highest BCUT2D eigenvalue weighted by molar-refractivity contribution is 6.06. The van der Waals surface area contributed by atoms with Crippen LogP contribution in [0, 0.1) is 0 Å². The standard InChI is InChI=1S/C8H7NO2/c10-5-8(6-11)7-1-3-9-4-2-7/h1-6,10H/p-1/b8-5-. The number of hydrogen-bond donors (Lipinski definition) is 0. The molecule has 0 atom stereocenters. The molecule has 0 bridgehead atoms. The summed E-state index contributed by atoms with van der Waals surface area (Å²) in [5.74, 6) is 0. The fourth-order valence-electron chi connectivity index (χ4n) is 0.708. The molecule has 0 unspecified atom stereocenters. The van der Waals surface area contributed by atoms with E-state index in [2.05, 4.69) is 4.98 Å². The van der Waals surface area contributed by atoms with E-state index < -0.39 is 0 Å². The van der Waals surface area contributed by atoms with Crippen LogP contribution in [0.4, 0.5) is 0 Å². The van der Waals surface area contributed by atoms with Gasteiger partial charge in [-0.05, 0) is 17.7 Å². The van der Waals surface area contributed by atoms with Gasteiger partial charge in [0, 0.05) is 18.0 Å². The Kier molecular flexibility index (Phi) is 2.38. The minimum atomic E-state index is 0.146. The quantitative estimate of drug-likeness (QED) is 0.336. The van der Waals surface area contributed by atoms with E-state index in [0.717, 1.165) is 0 Å². The molecule has 0 fully saturated rings. The van der Waals surface area contributed by atoms with Crippen LogP contribution in [0.5, 0.6) is 0 Å². The molecular formula is C8H6NO2-. The Morgan fingerprint density at radius 2 is 2.09 bits per heavy atom. The van der Waals surface area contributed by atoms with Crippen molar-refractivity contribution in [1.29, 1.82) is 0 Å².